The lowest BCUT2D eigenvalue weighted by molar-refractivity contribution is -0.148. The molecule has 30 heavy (non-hydrogen) atoms. The van der Waals surface area contributed by atoms with Crippen LogP contribution in [0.2, 0.25) is 0 Å². The molecule has 1 saturated heterocycles. The van der Waals surface area contributed by atoms with Gasteiger partial charge in [-0.2, -0.15) is 0 Å². The van der Waals surface area contributed by atoms with Gasteiger partial charge in [-0.3, -0.25) is 13.9 Å². The summed E-state index contributed by atoms with van der Waals surface area (Å²) in [6.07, 6.45) is 1.02. The number of carbonyl (C=O) groups is 2. The number of likely N-dealkylation sites (tertiary alicyclic amines) is 1. The predicted molar refractivity (Wildman–Crippen MR) is 113 cm³/mol. The molecule has 0 unspecified atom stereocenters. The Balaban J connectivity index is 1.82. The Labute approximate surface area is 177 Å². The topological polar surface area (TPSA) is 84.0 Å². The number of benzene rings is 2. The first-order chi connectivity index (χ1) is 14.3. The number of amides is 1. The van der Waals surface area contributed by atoms with Crippen molar-refractivity contribution in [3.8, 4) is 0 Å². The van der Waals surface area contributed by atoms with Crippen molar-refractivity contribution in [1.82, 2.24) is 4.90 Å². The highest BCUT2D eigenvalue weighted by molar-refractivity contribution is 7.92. The smallest absolute Gasteiger partial charge is 0.308 e. The molecule has 0 spiro atoms. The molecule has 0 atom stereocenters. The minimum absolute atomic E-state index is 0.128. The van der Waals surface area contributed by atoms with Gasteiger partial charge < -0.3 is 9.64 Å². The first-order valence-corrected chi connectivity index (χ1v) is 11.3. The standard InChI is InChI=1S/C22H26N2O5S/c1-17-8-10-19(11-9-17)24(30(27,28)20-6-4-3-5-7-20)16-21(25)23-14-12-18(13-15-23)22(26)29-2/h3-11,18H,12-16H2,1-2H3. The molecule has 1 fully saturated rings. The van der Waals surface area contributed by atoms with Crippen molar-refractivity contribution >= 4 is 27.6 Å². The van der Waals surface area contributed by atoms with Gasteiger partial charge in [0, 0.05) is 13.1 Å². The summed E-state index contributed by atoms with van der Waals surface area (Å²) >= 11 is 0. The molecule has 0 N–H and O–H groups in total. The van der Waals surface area contributed by atoms with E-state index < -0.39 is 10.0 Å². The predicted octanol–water partition coefficient (Wildman–Crippen LogP) is 2.60. The minimum atomic E-state index is -3.92. The van der Waals surface area contributed by atoms with Crippen LogP contribution in [0.5, 0.6) is 0 Å². The van der Waals surface area contributed by atoms with Crippen LogP contribution in [-0.2, 0) is 24.3 Å². The van der Waals surface area contributed by atoms with Gasteiger partial charge in [0.2, 0.25) is 5.91 Å². The molecule has 1 aliphatic rings. The van der Waals surface area contributed by atoms with E-state index in [0.717, 1.165) is 9.87 Å². The normalized spacial score (nSPS) is 14.9. The van der Waals surface area contributed by atoms with Crippen molar-refractivity contribution in [2.24, 2.45) is 5.92 Å². The second-order valence-corrected chi connectivity index (χ2v) is 9.20. The molecule has 0 bridgehead atoms. The molecule has 7 nitrogen and oxygen atoms in total. The average molecular weight is 431 g/mol. The van der Waals surface area contributed by atoms with E-state index in [9.17, 15) is 18.0 Å². The fourth-order valence-corrected chi connectivity index (χ4v) is 4.94. The molecule has 3 rings (SSSR count). The van der Waals surface area contributed by atoms with Crippen molar-refractivity contribution in [1.29, 1.82) is 0 Å². The maximum atomic E-state index is 13.3. The molecule has 2 aromatic carbocycles. The van der Waals surface area contributed by atoms with Gasteiger partial charge in [-0.1, -0.05) is 35.9 Å². The van der Waals surface area contributed by atoms with Gasteiger partial charge in [-0.15, -0.1) is 0 Å². The first kappa shape index (κ1) is 21.8. The largest absolute Gasteiger partial charge is 0.469 e. The quantitative estimate of drug-likeness (QED) is 0.658. The van der Waals surface area contributed by atoms with E-state index in [4.69, 9.17) is 4.74 Å². The van der Waals surface area contributed by atoms with E-state index >= 15 is 0 Å². The molecule has 1 aliphatic heterocycles. The number of nitrogens with zero attached hydrogens (tertiary/aromatic N) is 2. The van der Waals surface area contributed by atoms with Gasteiger partial charge in [0.1, 0.15) is 6.54 Å². The molecule has 0 aliphatic carbocycles. The molecule has 1 amide bonds. The second kappa shape index (κ2) is 9.30. The minimum Gasteiger partial charge on any atom is -0.469 e. The van der Waals surface area contributed by atoms with Gasteiger partial charge in [-0.05, 0) is 44.0 Å². The number of piperidine rings is 1. The molecule has 160 valence electrons. The maximum Gasteiger partial charge on any atom is 0.308 e. The Hall–Kier alpha value is -2.87. The number of methoxy groups -OCH3 is 1. The summed E-state index contributed by atoms with van der Waals surface area (Å²) in [5.74, 6) is -0.784. The Kier molecular flexibility index (Phi) is 6.77. The van der Waals surface area contributed by atoms with E-state index in [1.54, 1.807) is 35.2 Å². The summed E-state index contributed by atoms with van der Waals surface area (Å²) < 4.78 is 32.6. The van der Waals surface area contributed by atoms with Crippen LogP contribution < -0.4 is 4.31 Å². The first-order valence-electron chi connectivity index (χ1n) is 9.83. The van der Waals surface area contributed by atoms with E-state index in [1.165, 1.54) is 19.2 Å². The molecule has 0 aromatic heterocycles. The van der Waals surface area contributed by atoms with Crippen molar-refractivity contribution in [3.05, 3.63) is 60.2 Å². The fraction of sp³-hybridized carbons (Fsp3) is 0.364. The van der Waals surface area contributed by atoms with Gasteiger partial charge in [-0.25, -0.2) is 8.42 Å². The van der Waals surface area contributed by atoms with Crippen molar-refractivity contribution in [2.75, 3.05) is 31.0 Å². The molecule has 0 radical (unpaired) electrons. The number of esters is 1. The van der Waals surface area contributed by atoms with Crippen molar-refractivity contribution in [2.45, 2.75) is 24.7 Å². The third-order valence-electron chi connectivity index (χ3n) is 5.31. The molecule has 0 saturated carbocycles. The third kappa shape index (κ3) is 4.81. The van der Waals surface area contributed by atoms with Crippen LogP contribution in [0.25, 0.3) is 0 Å². The highest BCUT2D eigenvalue weighted by atomic mass is 32.2. The maximum absolute atomic E-state index is 13.3. The van der Waals surface area contributed by atoms with Crippen LogP contribution >= 0.6 is 0 Å². The summed E-state index contributed by atoms with van der Waals surface area (Å²) in [6, 6.07) is 15.1. The lowest BCUT2D eigenvalue weighted by Crippen LogP contribution is -2.46. The Morgan fingerprint density at radius 3 is 2.20 bits per heavy atom. The van der Waals surface area contributed by atoms with Crippen LogP contribution in [0, 0.1) is 12.8 Å². The number of carbonyl (C=O) groups excluding carboxylic acids is 2. The van der Waals surface area contributed by atoms with Gasteiger partial charge in [0.15, 0.2) is 0 Å². The zero-order valence-electron chi connectivity index (χ0n) is 17.2. The number of ether oxygens (including phenoxy) is 1. The number of hydrogen-bond donors (Lipinski definition) is 0. The highest BCUT2D eigenvalue weighted by Crippen LogP contribution is 2.25. The van der Waals surface area contributed by atoms with Gasteiger partial charge >= 0.3 is 5.97 Å². The van der Waals surface area contributed by atoms with Crippen LogP contribution in [-0.4, -0.2) is 51.9 Å². The third-order valence-corrected chi connectivity index (χ3v) is 7.10. The number of hydrogen-bond acceptors (Lipinski definition) is 5. The highest BCUT2D eigenvalue weighted by Gasteiger charge is 2.32. The molecule has 1 heterocycles. The zero-order chi connectivity index (χ0) is 21.7. The summed E-state index contributed by atoms with van der Waals surface area (Å²) in [6.45, 7) is 2.40. The fourth-order valence-electron chi connectivity index (χ4n) is 3.50. The number of aryl methyl sites for hydroxylation is 1. The van der Waals surface area contributed by atoms with E-state index in [-0.39, 0.29) is 29.2 Å². The summed E-state index contributed by atoms with van der Waals surface area (Å²) in [7, 11) is -2.56. The summed E-state index contributed by atoms with van der Waals surface area (Å²) in [4.78, 5) is 26.4. The zero-order valence-corrected chi connectivity index (χ0v) is 18.0. The van der Waals surface area contributed by atoms with Crippen molar-refractivity contribution in [3.63, 3.8) is 0 Å². The lowest BCUT2D eigenvalue weighted by atomic mass is 9.97. The Bertz CT molecular complexity index is 982. The monoisotopic (exact) mass is 430 g/mol. The molecule has 8 heteroatoms. The Morgan fingerprint density at radius 2 is 1.63 bits per heavy atom. The SMILES string of the molecule is COC(=O)C1CCN(C(=O)CN(c2ccc(C)cc2)S(=O)(=O)c2ccccc2)CC1. The van der Waals surface area contributed by atoms with Crippen LogP contribution in [0.4, 0.5) is 5.69 Å². The summed E-state index contributed by atoms with van der Waals surface area (Å²) in [5, 5.41) is 0. The van der Waals surface area contributed by atoms with E-state index in [2.05, 4.69) is 0 Å². The number of rotatable bonds is 6. The van der Waals surface area contributed by atoms with E-state index in [0.29, 0.717) is 31.6 Å². The summed E-state index contributed by atoms with van der Waals surface area (Å²) in [5.41, 5.74) is 1.43. The second-order valence-electron chi connectivity index (χ2n) is 7.34. The van der Waals surface area contributed by atoms with Crippen LogP contribution in [0.15, 0.2) is 59.5 Å². The lowest BCUT2D eigenvalue weighted by Gasteiger charge is -2.33. The van der Waals surface area contributed by atoms with Crippen LogP contribution in [0.1, 0.15) is 18.4 Å². The van der Waals surface area contributed by atoms with Crippen LogP contribution in [0.3, 0.4) is 0 Å². The van der Waals surface area contributed by atoms with Gasteiger partial charge in [0.25, 0.3) is 10.0 Å². The molecular weight excluding hydrogens is 404 g/mol. The average Bonchev–Trinajstić information content (AvgIpc) is 2.78. The number of sulfonamides is 1. The number of anilines is 1. The van der Waals surface area contributed by atoms with Gasteiger partial charge in [0.05, 0.1) is 23.6 Å². The Morgan fingerprint density at radius 1 is 1.03 bits per heavy atom. The van der Waals surface area contributed by atoms with Crippen molar-refractivity contribution < 1.29 is 22.7 Å². The molecule has 2 aromatic rings. The van der Waals surface area contributed by atoms with E-state index in [1.807, 2.05) is 19.1 Å². The molecular formula is C22H26N2O5S.